The Kier molecular flexibility index (Phi) is 13.6. The third-order valence-corrected chi connectivity index (χ3v) is 9.42. The molecule has 0 saturated heterocycles. The minimum atomic E-state index is -4.52. The van der Waals surface area contributed by atoms with Crippen molar-refractivity contribution in [3.05, 3.63) is 168 Å². The van der Waals surface area contributed by atoms with Crippen LogP contribution in [0.5, 0.6) is 0 Å². The van der Waals surface area contributed by atoms with Gasteiger partial charge in [0, 0.05) is 47.0 Å². The van der Waals surface area contributed by atoms with E-state index >= 15 is 0 Å². The molecule has 51 heavy (non-hydrogen) atoms. The summed E-state index contributed by atoms with van der Waals surface area (Å²) in [5.41, 5.74) is 9.79. The zero-order valence-corrected chi connectivity index (χ0v) is 33.8. The summed E-state index contributed by atoms with van der Waals surface area (Å²) in [5.74, 6) is 0. The predicted molar refractivity (Wildman–Crippen MR) is 189 cm³/mol. The van der Waals surface area contributed by atoms with Crippen LogP contribution >= 0.6 is 0 Å². The van der Waals surface area contributed by atoms with Crippen LogP contribution < -0.4 is 74.7 Å². The third-order valence-electron chi connectivity index (χ3n) is 7.72. The molecule has 0 spiro atoms. The molecule has 5 aromatic carbocycles. The molecule has 0 aromatic heterocycles. The molecule has 0 saturated carbocycles. The number of aryl methyl sites for hydroxylation is 1. The molecule has 9 nitrogen and oxygen atoms in total. The van der Waals surface area contributed by atoms with Gasteiger partial charge in [0.2, 0.25) is 11.4 Å². The zero-order valence-electron chi connectivity index (χ0n) is 28.1. The van der Waals surface area contributed by atoms with E-state index in [0.29, 0.717) is 11.4 Å². The Morgan fingerprint density at radius 1 is 0.510 bits per heavy atom. The second kappa shape index (κ2) is 17.3. The first kappa shape index (κ1) is 40.2. The van der Waals surface area contributed by atoms with Crippen molar-refractivity contribution >= 4 is 60.0 Å². The molecule has 0 atom stereocenters. The maximum atomic E-state index is 11.3. The monoisotopic (exact) mass is 734 g/mol. The Balaban J connectivity index is 0.00000292. The van der Waals surface area contributed by atoms with E-state index in [1.807, 2.05) is 79.8 Å². The molecule has 5 aromatic rings. The fraction of sp³-hybridized carbons (Fsp3) is 0.0263. The first-order valence-corrected chi connectivity index (χ1v) is 17.9. The van der Waals surface area contributed by atoms with Crippen LogP contribution in [0, 0.1) is 6.92 Å². The average molecular weight is 735 g/mol. The van der Waals surface area contributed by atoms with Gasteiger partial charge in [-0.25, -0.2) is 21.8 Å². The Hall–Kier alpha value is -3.59. The third kappa shape index (κ3) is 10.7. The molecule has 0 aliphatic heterocycles. The van der Waals surface area contributed by atoms with E-state index in [1.165, 1.54) is 54.1 Å². The van der Waals surface area contributed by atoms with Gasteiger partial charge in [0.05, 0.1) is 9.79 Å². The van der Waals surface area contributed by atoms with Crippen LogP contribution in [0.1, 0.15) is 16.7 Å². The molecule has 1 aliphatic carbocycles. The van der Waals surface area contributed by atoms with Crippen molar-refractivity contribution in [2.24, 2.45) is 0 Å². The van der Waals surface area contributed by atoms with E-state index in [-0.39, 0.29) is 68.9 Å². The van der Waals surface area contributed by atoms with Gasteiger partial charge in [0.1, 0.15) is 20.2 Å². The van der Waals surface area contributed by atoms with Crippen LogP contribution in [0.25, 0.3) is 5.57 Å². The minimum absolute atomic E-state index is 0. The number of allylic oxidation sites excluding steroid dienone is 5. The number of anilines is 4. The fourth-order valence-corrected chi connectivity index (χ4v) is 6.15. The quantitative estimate of drug-likeness (QED) is 0.142. The van der Waals surface area contributed by atoms with Crippen molar-refractivity contribution < 1.29 is 90.0 Å². The number of benzene rings is 5. The zero-order chi connectivity index (χ0) is 34.6. The molecule has 13 heteroatoms. The molecular formula is C38H30N3Na2O6S2+. The number of hydrogen-bond donors (Lipinski definition) is 3. The molecule has 0 heterocycles. The summed E-state index contributed by atoms with van der Waals surface area (Å²) in [4.78, 5) is 2.65. The van der Waals surface area contributed by atoms with E-state index in [0.717, 1.165) is 45.0 Å². The average Bonchev–Trinajstić information content (AvgIpc) is 3.08. The van der Waals surface area contributed by atoms with Gasteiger partial charge >= 0.3 is 59.1 Å². The van der Waals surface area contributed by atoms with Crippen molar-refractivity contribution in [2.45, 2.75) is 16.7 Å². The van der Waals surface area contributed by atoms with Crippen molar-refractivity contribution in [3.63, 3.8) is 0 Å². The summed E-state index contributed by atoms with van der Waals surface area (Å²) < 4.78 is 67.7. The first-order valence-electron chi connectivity index (χ1n) is 15.1. The Morgan fingerprint density at radius 3 is 1.25 bits per heavy atom. The summed E-state index contributed by atoms with van der Waals surface area (Å²) >= 11 is 0. The molecule has 0 radical (unpaired) electrons. The number of rotatable bonds is 9. The maximum Gasteiger partial charge on any atom is 1.00 e. The molecular weight excluding hydrogens is 705 g/mol. The van der Waals surface area contributed by atoms with Crippen molar-refractivity contribution in [2.75, 3.05) is 10.6 Å². The van der Waals surface area contributed by atoms with Gasteiger partial charge in [-0.05, 0) is 114 Å². The summed E-state index contributed by atoms with van der Waals surface area (Å²) in [6.45, 7) is 2.05. The van der Waals surface area contributed by atoms with Gasteiger partial charge in [-0.15, -0.1) is 0 Å². The Bertz CT molecular complexity index is 2320. The second-order valence-corrected chi connectivity index (χ2v) is 14.1. The topological polar surface area (TPSA) is 152 Å². The van der Waals surface area contributed by atoms with Crippen molar-refractivity contribution in [3.8, 4) is 0 Å². The minimum Gasteiger partial charge on any atom is -0.744 e. The molecule has 0 unspecified atom stereocenters. The van der Waals surface area contributed by atoms with Crippen LogP contribution in [0.4, 0.5) is 28.4 Å². The Labute approximate surface area is 342 Å². The molecule has 246 valence electrons. The van der Waals surface area contributed by atoms with Gasteiger partial charge in [0.25, 0.3) is 0 Å². The largest absolute Gasteiger partial charge is 1.00 e. The molecule has 3 N–H and O–H groups in total. The van der Waals surface area contributed by atoms with Crippen LogP contribution in [0.15, 0.2) is 161 Å². The van der Waals surface area contributed by atoms with Gasteiger partial charge in [-0.1, -0.05) is 42.0 Å². The van der Waals surface area contributed by atoms with E-state index in [2.05, 4.69) is 39.9 Å². The normalized spacial score (nSPS) is 12.4. The van der Waals surface area contributed by atoms with Crippen LogP contribution in [0.3, 0.4) is 0 Å². The fourth-order valence-electron chi connectivity index (χ4n) is 5.21. The summed E-state index contributed by atoms with van der Waals surface area (Å²) in [6.07, 6.45) is 7.82. The summed E-state index contributed by atoms with van der Waals surface area (Å²) in [6, 6.07) is 35.4. The molecule has 0 amide bonds. The van der Waals surface area contributed by atoms with Gasteiger partial charge < -0.3 is 19.7 Å². The predicted octanol–water partition coefficient (Wildman–Crippen LogP) is 0.0796. The van der Waals surface area contributed by atoms with E-state index < -0.39 is 20.2 Å². The van der Waals surface area contributed by atoms with E-state index in [9.17, 15) is 25.9 Å². The molecule has 1 aliphatic rings. The summed E-state index contributed by atoms with van der Waals surface area (Å²) in [7, 11) is -9.05. The molecule has 6 rings (SSSR count). The molecule has 0 fully saturated rings. The van der Waals surface area contributed by atoms with Crippen molar-refractivity contribution in [1.29, 1.82) is 0 Å². The van der Waals surface area contributed by atoms with Crippen LogP contribution in [-0.4, -0.2) is 31.7 Å². The van der Waals surface area contributed by atoms with Gasteiger partial charge in [-0.3, -0.25) is 0 Å². The van der Waals surface area contributed by atoms with Crippen LogP contribution in [-0.2, 0) is 20.2 Å². The summed E-state index contributed by atoms with van der Waals surface area (Å²) in [5, 5.41) is 6.67. The molecule has 0 bridgehead atoms. The smallest absolute Gasteiger partial charge is 0.744 e. The van der Waals surface area contributed by atoms with Gasteiger partial charge in [-0.2, -0.15) is 0 Å². The van der Waals surface area contributed by atoms with E-state index in [4.69, 9.17) is 0 Å². The maximum absolute atomic E-state index is 11.3. The van der Waals surface area contributed by atoms with E-state index in [1.54, 1.807) is 0 Å². The standard InChI is InChI=1S/C38H31N3O6S2.2Na/c1-26-2-10-30(11-3-26)39-31-12-4-27(5-13-31)38(28-6-14-32(15-7-28)40-34-18-22-36(23-19-34)48(42,43)44)29-8-16-33(17-9-29)41-35-20-24-37(25-21-35)49(45,46)47;;/h2-25,39-40H,1H3,(H,42,43,44)(H,45,46,47);;/q;2*+1/p-1. The second-order valence-electron chi connectivity index (χ2n) is 11.3. The van der Waals surface area contributed by atoms with Gasteiger partial charge in [0.15, 0.2) is 0 Å². The van der Waals surface area contributed by atoms with Crippen LogP contribution in [0.2, 0.25) is 0 Å². The SMILES string of the molecule is Cc1ccc(Nc2ccc(C(=C3C=CC(=[NH+]c4ccc(S(=O)(=O)[O-])cc4)C=C3)c3ccc(Nc4ccc(S(=O)(=O)[O-])cc4)cc3)cc2)cc1.[Na+].[Na+]. The Morgan fingerprint density at radius 2 is 0.863 bits per heavy atom. The van der Waals surface area contributed by atoms with Crippen molar-refractivity contribution in [1.82, 2.24) is 0 Å². The number of hydrogen-bond acceptors (Lipinski definition) is 8. The first-order chi connectivity index (χ1) is 23.4. The number of nitrogens with one attached hydrogen (secondary N) is 3.